The molecule has 1 aromatic heterocycles. The fourth-order valence-corrected chi connectivity index (χ4v) is 4.55. The number of halogens is 4. The molecule has 0 unspecified atom stereocenters. The molecule has 35 heavy (non-hydrogen) atoms. The van der Waals surface area contributed by atoms with Crippen molar-refractivity contribution in [2.45, 2.75) is 13.0 Å². The number of benzene rings is 2. The molecule has 2 fully saturated rings. The van der Waals surface area contributed by atoms with Crippen LogP contribution in [0.1, 0.15) is 15.9 Å². The lowest BCUT2D eigenvalue weighted by atomic mass is 10.0. The maximum atomic E-state index is 14.2. The number of rotatable bonds is 4. The number of hydrogen-bond acceptors (Lipinski definition) is 6. The highest BCUT2D eigenvalue weighted by atomic mass is 19.4. The molecule has 1 N–H and O–H groups in total. The Kier molecular flexibility index (Phi) is 5.69. The molecule has 13 heteroatoms. The van der Waals surface area contributed by atoms with Crippen molar-refractivity contribution in [2.75, 3.05) is 26.2 Å². The molecular formula is C22H19F4N5O4. The number of hydrogen-bond donors (Lipinski definition) is 1. The van der Waals surface area contributed by atoms with Crippen LogP contribution in [-0.4, -0.2) is 69.8 Å². The molecule has 2 atom stereocenters. The Hall–Kier alpha value is -3.90. The van der Waals surface area contributed by atoms with Gasteiger partial charge in [-0.25, -0.2) is 9.18 Å². The van der Waals surface area contributed by atoms with Crippen molar-refractivity contribution < 1.29 is 36.6 Å². The molecule has 2 amide bonds. The molecule has 2 aliphatic rings. The minimum Gasteiger partial charge on any atom is -0.445 e. The Morgan fingerprint density at radius 2 is 1.66 bits per heavy atom. The smallest absolute Gasteiger partial charge is 0.445 e. The average Bonchev–Trinajstić information content (AvgIpc) is 3.52. The SMILES string of the molecule is O=C(OCc1ccc(OC(F)(F)F)cc1)N1C[C@@H]2CN(C(=O)c3cc(F)c4n[nH]nc4c3)C[C@H]2C1. The largest absolute Gasteiger partial charge is 0.573 e. The van der Waals surface area contributed by atoms with Crippen molar-refractivity contribution in [3.8, 4) is 5.75 Å². The third-order valence-electron chi connectivity index (χ3n) is 6.17. The summed E-state index contributed by atoms with van der Waals surface area (Å²) >= 11 is 0. The number of ether oxygens (including phenoxy) is 2. The van der Waals surface area contributed by atoms with E-state index in [4.69, 9.17) is 4.74 Å². The first-order valence-corrected chi connectivity index (χ1v) is 10.7. The first-order valence-electron chi connectivity index (χ1n) is 10.7. The summed E-state index contributed by atoms with van der Waals surface area (Å²) in [5, 5.41) is 9.88. The van der Waals surface area contributed by atoms with Gasteiger partial charge in [-0.3, -0.25) is 4.79 Å². The van der Waals surface area contributed by atoms with Crippen LogP contribution < -0.4 is 4.74 Å². The van der Waals surface area contributed by atoms with Gasteiger partial charge in [0.2, 0.25) is 0 Å². The number of carbonyl (C=O) groups excluding carboxylic acids is 2. The summed E-state index contributed by atoms with van der Waals surface area (Å²) in [4.78, 5) is 28.6. The van der Waals surface area contributed by atoms with E-state index in [1.807, 2.05) is 0 Å². The van der Waals surface area contributed by atoms with Crippen molar-refractivity contribution in [3.05, 3.63) is 53.3 Å². The lowest BCUT2D eigenvalue weighted by Gasteiger charge is -2.21. The van der Waals surface area contributed by atoms with Gasteiger partial charge < -0.3 is 19.3 Å². The molecule has 0 bridgehead atoms. The molecule has 0 radical (unpaired) electrons. The van der Waals surface area contributed by atoms with Gasteiger partial charge >= 0.3 is 12.5 Å². The topological polar surface area (TPSA) is 101 Å². The van der Waals surface area contributed by atoms with E-state index >= 15 is 0 Å². The van der Waals surface area contributed by atoms with Gasteiger partial charge in [-0.05, 0) is 29.8 Å². The van der Waals surface area contributed by atoms with Crippen molar-refractivity contribution in [3.63, 3.8) is 0 Å². The van der Waals surface area contributed by atoms with Gasteiger partial charge in [-0.2, -0.15) is 15.4 Å². The average molecular weight is 493 g/mol. The maximum Gasteiger partial charge on any atom is 0.573 e. The van der Waals surface area contributed by atoms with Gasteiger partial charge in [0.05, 0.1) is 0 Å². The van der Waals surface area contributed by atoms with E-state index in [1.54, 1.807) is 9.80 Å². The number of aromatic amines is 1. The molecule has 2 aliphatic heterocycles. The monoisotopic (exact) mass is 493 g/mol. The van der Waals surface area contributed by atoms with E-state index in [0.717, 1.165) is 18.2 Å². The maximum absolute atomic E-state index is 14.2. The van der Waals surface area contributed by atoms with Crippen molar-refractivity contribution in [1.29, 1.82) is 0 Å². The Labute approximate surface area is 195 Å². The van der Waals surface area contributed by atoms with E-state index in [9.17, 15) is 27.2 Å². The van der Waals surface area contributed by atoms with Crippen LogP contribution in [0, 0.1) is 17.7 Å². The van der Waals surface area contributed by atoms with Gasteiger partial charge in [-0.1, -0.05) is 12.1 Å². The van der Waals surface area contributed by atoms with Gasteiger partial charge in [0, 0.05) is 43.6 Å². The summed E-state index contributed by atoms with van der Waals surface area (Å²) in [7, 11) is 0. The number of carbonyl (C=O) groups is 2. The lowest BCUT2D eigenvalue weighted by molar-refractivity contribution is -0.274. The van der Waals surface area contributed by atoms with Crippen LogP contribution in [0.25, 0.3) is 11.0 Å². The zero-order valence-electron chi connectivity index (χ0n) is 18.1. The molecule has 0 aliphatic carbocycles. The van der Waals surface area contributed by atoms with Crippen molar-refractivity contribution in [1.82, 2.24) is 25.2 Å². The second kappa shape index (κ2) is 8.71. The minimum absolute atomic E-state index is 0.0610. The third-order valence-corrected chi connectivity index (χ3v) is 6.17. The molecule has 2 aromatic carbocycles. The number of aromatic nitrogens is 3. The van der Waals surface area contributed by atoms with Gasteiger partial charge in [0.1, 0.15) is 23.4 Å². The number of alkyl halides is 3. The van der Waals surface area contributed by atoms with Crippen LogP contribution in [-0.2, 0) is 11.3 Å². The quantitative estimate of drug-likeness (QED) is 0.560. The molecule has 0 spiro atoms. The summed E-state index contributed by atoms with van der Waals surface area (Å²) in [6.45, 7) is 1.56. The fraction of sp³-hybridized carbons (Fsp3) is 0.364. The highest BCUT2D eigenvalue weighted by molar-refractivity contribution is 5.97. The second-order valence-corrected chi connectivity index (χ2v) is 8.53. The zero-order chi connectivity index (χ0) is 24.7. The Balaban J connectivity index is 1.13. The number of fused-ring (bicyclic) bond motifs is 2. The first-order chi connectivity index (χ1) is 16.7. The molecular weight excluding hydrogens is 474 g/mol. The van der Waals surface area contributed by atoms with Gasteiger partial charge in [0.15, 0.2) is 5.82 Å². The van der Waals surface area contributed by atoms with Crippen LogP contribution in [0.4, 0.5) is 22.4 Å². The number of amides is 2. The highest BCUT2D eigenvalue weighted by Gasteiger charge is 2.43. The standard InChI is InChI=1S/C22H19F4N5O4/c23-17-5-13(6-18-19(17)28-29-27-18)20(32)30-7-14-9-31(10-15(14)8-30)21(33)34-11-12-1-3-16(4-2-12)35-22(24,25)26/h1-6,14-15H,7-11H2,(H,27,28,29)/t14-,15-/m0/s1. The summed E-state index contributed by atoms with van der Waals surface area (Å²) in [6.07, 6.45) is -5.31. The molecule has 3 aromatic rings. The Morgan fingerprint density at radius 1 is 1.00 bits per heavy atom. The van der Waals surface area contributed by atoms with Crippen molar-refractivity contribution >= 4 is 23.0 Å². The van der Waals surface area contributed by atoms with E-state index in [2.05, 4.69) is 20.1 Å². The molecule has 9 nitrogen and oxygen atoms in total. The number of likely N-dealkylation sites (tertiary alicyclic amines) is 2. The number of nitrogens with one attached hydrogen (secondary N) is 1. The Morgan fingerprint density at radius 3 is 2.31 bits per heavy atom. The van der Waals surface area contributed by atoms with E-state index in [1.165, 1.54) is 18.2 Å². The summed E-state index contributed by atoms with van der Waals surface area (Å²) in [5.74, 6) is -1.18. The zero-order valence-corrected chi connectivity index (χ0v) is 18.1. The number of H-pyrrole nitrogens is 1. The molecule has 0 saturated carbocycles. The van der Waals surface area contributed by atoms with E-state index in [0.29, 0.717) is 31.7 Å². The van der Waals surface area contributed by atoms with Gasteiger partial charge in [0.25, 0.3) is 5.91 Å². The highest BCUT2D eigenvalue weighted by Crippen LogP contribution is 2.33. The van der Waals surface area contributed by atoms with Crippen molar-refractivity contribution in [2.24, 2.45) is 11.8 Å². The summed E-state index contributed by atoms with van der Waals surface area (Å²) in [6, 6.07) is 7.70. The summed E-state index contributed by atoms with van der Waals surface area (Å²) < 4.78 is 60.0. The first kappa shape index (κ1) is 22.9. The minimum atomic E-state index is -4.78. The van der Waals surface area contributed by atoms with Crippen LogP contribution >= 0.6 is 0 Å². The van der Waals surface area contributed by atoms with E-state index in [-0.39, 0.29) is 46.7 Å². The van der Waals surface area contributed by atoms with Crippen LogP contribution in [0.15, 0.2) is 36.4 Å². The lowest BCUT2D eigenvalue weighted by Crippen LogP contribution is -2.35. The van der Waals surface area contributed by atoms with Gasteiger partial charge in [-0.15, -0.1) is 13.2 Å². The predicted octanol–water partition coefficient (Wildman–Crippen LogP) is 3.34. The second-order valence-electron chi connectivity index (χ2n) is 8.53. The molecule has 3 heterocycles. The third kappa shape index (κ3) is 4.84. The summed E-state index contributed by atoms with van der Waals surface area (Å²) in [5.41, 5.74) is 1.04. The molecule has 184 valence electrons. The van der Waals surface area contributed by atoms with Crippen LogP contribution in [0.5, 0.6) is 5.75 Å². The number of nitrogens with zero attached hydrogens (tertiary/aromatic N) is 4. The fourth-order valence-electron chi connectivity index (χ4n) is 4.55. The normalized spacial score (nSPS) is 19.8. The predicted molar refractivity (Wildman–Crippen MR) is 112 cm³/mol. The molecule has 2 saturated heterocycles. The van der Waals surface area contributed by atoms with E-state index < -0.39 is 18.3 Å². The van der Waals surface area contributed by atoms with Crippen LogP contribution in [0.3, 0.4) is 0 Å². The van der Waals surface area contributed by atoms with Crippen LogP contribution in [0.2, 0.25) is 0 Å². The molecule has 5 rings (SSSR count). The Bertz CT molecular complexity index is 1250.